The summed E-state index contributed by atoms with van der Waals surface area (Å²) in [6.07, 6.45) is 3.30. The van der Waals surface area contributed by atoms with E-state index in [4.69, 9.17) is 9.57 Å². The van der Waals surface area contributed by atoms with Gasteiger partial charge in [0.25, 0.3) is 5.91 Å². The fraction of sp³-hybridized carbons (Fsp3) is 0.689. The molecule has 7 rings (SSSR count). The van der Waals surface area contributed by atoms with Crippen molar-refractivity contribution >= 4 is 17.5 Å². The number of hydrogen-bond acceptors (Lipinski definition) is 9. The Kier molecular flexibility index (Phi) is 12.5. The van der Waals surface area contributed by atoms with E-state index in [1.165, 1.54) is 6.42 Å². The van der Waals surface area contributed by atoms with Gasteiger partial charge in [-0.25, -0.2) is 0 Å². The molecular weight excluding hydrogens is 707 g/mol. The molecule has 2 aromatic carbocycles. The van der Waals surface area contributed by atoms with E-state index in [2.05, 4.69) is 63.1 Å². The summed E-state index contributed by atoms with van der Waals surface area (Å²) in [5, 5.41) is 29.9. The van der Waals surface area contributed by atoms with Crippen molar-refractivity contribution in [1.29, 1.82) is 0 Å². The fourth-order valence-corrected chi connectivity index (χ4v) is 9.85. The Labute approximate surface area is 335 Å². The summed E-state index contributed by atoms with van der Waals surface area (Å²) in [4.78, 5) is 38.9. The summed E-state index contributed by atoms with van der Waals surface area (Å²) in [5.41, 5.74) is 4.29. The van der Waals surface area contributed by atoms with Crippen molar-refractivity contribution in [3.63, 3.8) is 0 Å². The minimum atomic E-state index is -0.892. The number of benzene rings is 2. The molecule has 2 aromatic rings. The van der Waals surface area contributed by atoms with Crippen LogP contribution in [0.3, 0.4) is 0 Å². The first-order valence-corrected chi connectivity index (χ1v) is 20.9. The number of para-hydroxylation sites is 1. The number of likely N-dealkylation sites (N-methyl/N-ethyl adjacent to an activating group) is 1. The molecule has 1 heterocycles. The number of rotatable bonds is 15. The molecular formula is C45H69N5O6. The van der Waals surface area contributed by atoms with Crippen molar-refractivity contribution in [2.45, 2.75) is 124 Å². The van der Waals surface area contributed by atoms with Crippen LogP contribution in [0.4, 0.5) is 5.69 Å². The molecule has 310 valence electrons. The van der Waals surface area contributed by atoms with Crippen molar-refractivity contribution in [2.24, 2.45) is 34.5 Å². The number of fused-ring (bicyclic) bond motifs is 2. The predicted molar refractivity (Wildman–Crippen MR) is 221 cm³/mol. The molecule has 4 aliphatic carbocycles. The van der Waals surface area contributed by atoms with E-state index in [9.17, 15) is 19.8 Å². The van der Waals surface area contributed by atoms with Crippen molar-refractivity contribution in [2.75, 3.05) is 46.2 Å². The van der Waals surface area contributed by atoms with Gasteiger partial charge in [-0.1, -0.05) is 59.7 Å². The predicted octanol–water partition coefficient (Wildman–Crippen LogP) is 5.72. The molecule has 2 amide bonds. The van der Waals surface area contributed by atoms with Crippen LogP contribution in [-0.2, 0) is 16.2 Å². The van der Waals surface area contributed by atoms with Crippen molar-refractivity contribution in [3.8, 4) is 16.9 Å². The van der Waals surface area contributed by atoms with E-state index in [-0.39, 0.29) is 54.0 Å². The zero-order valence-corrected chi connectivity index (χ0v) is 35.8. The molecule has 1 aliphatic heterocycles. The first-order chi connectivity index (χ1) is 26.3. The first-order valence-electron chi connectivity index (χ1n) is 20.9. The Morgan fingerprint density at radius 3 is 2.38 bits per heavy atom. The summed E-state index contributed by atoms with van der Waals surface area (Å²) in [6.45, 7) is 15.8. The molecule has 0 radical (unpaired) electrons. The summed E-state index contributed by atoms with van der Waals surface area (Å²) < 4.78 is 6.71. The van der Waals surface area contributed by atoms with Crippen molar-refractivity contribution in [3.05, 3.63) is 47.5 Å². The average Bonchev–Trinajstić information content (AvgIpc) is 3.85. The molecule has 9 atom stereocenters. The maximum absolute atomic E-state index is 14.4. The molecule has 5 fully saturated rings. The number of aliphatic hydroxyl groups excluding tert-OH is 2. The Bertz CT molecular complexity index is 1720. The number of nitrogens with one attached hydrogen (secondary N) is 2. The van der Waals surface area contributed by atoms with Gasteiger partial charge in [0, 0.05) is 61.0 Å². The van der Waals surface area contributed by atoms with E-state index in [0.717, 1.165) is 54.6 Å². The third-order valence-corrected chi connectivity index (χ3v) is 13.1. The molecule has 0 aromatic heterocycles. The third kappa shape index (κ3) is 9.23. The second kappa shape index (κ2) is 16.6. The van der Waals surface area contributed by atoms with Gasteiger partial charge in [0.15, 0.2) is 0 Å². The van der Waals surface area contributed by atoms with E-state index < -0.39 is 24.2 Å². The zero-order chi connectivity index (χ0) is 40.9. The smallest absolute Gasteiger partial charge is 0.251 e. The van der Waals surface area contributed by atoms with Gasteiger partial charge >= 0.3 is 0 Å². The van der Waals surface area contributed by atoms with Crippen LogP contribution in [0.2, 0.25) is 0 Å². The van der Waals surface area contributed by atoms with Gasteiger partial charge in [0.2, 0.25) is 5.91 Å². The van der Waals surface area contributed by atoms with Gasteiger partial charge in [0.1, 0.15) is 17.9 Å². The Hall–Kier alpha value is -3.22. The second-order valence-electron chi connectivity index (χ2n) is 19.7. The lowest BCUT2D eigenvalue weighted by Gasteiger charge is -2.62. The average molecular weight is 776 g/mol. The molecule has 0 unspecified atom stereocenters. The highest BCUT2D eigenvalue weighted by molar-refractivity contribution is 5.97. The molecule has 0 spiro atoms. The number of nitrogens with zero attached hydrogens (tertiary/aromatic N) is 3. The van der Waals surface area contributed by atoms with Gasteiger partial charge in [-0.3, -0.25) is 14.4 Å². The molecule has 56 heavy (non-hydrogen) atoms. The van der Waals surface area contributed by atoms with Crippen LogP contribution in [-0.4, -0.2) is 110 Å². The van der Waals surface area contributed by atoms with Crippen LogP contribution >= 0.6 is 0 Å². The number of aliphatic hydroxyl groups is 2. The van der Waals surface area contributed by atoms with Crippen LogP contribution in [0.1, 0.15) is 96.5 Å². The summed E-state index contributed by atoms with van der Waals surface area (Å²) in [5.74, 6) is 1.22. The lowest BCUT2D eigenvalue weighted by molar-refractivity contribution is -0.183. The van der Waals surface area contributed by atoms with Crippen LogP contribution in [0, 0.1) is 34.5 Å². The van der Waals surface area contributed by atoms with E-state index >= 15 is 0 Å². The fourth-order valence-electron chi connectivity index (χ4n) is 9.85. The van der Waals surface area contributed by atoms with Gasteiger partial charge in [-0.15, -0.1) is 0 Å². The van der Waals surface area contributed by atoms with Crippen molar-refractivity contribution < 1.29 is 29.4 Å². The van der Waals surface area contributed by atoms with E-state index in [1.807, 2.05) is 63.4 Å². The largest absolute Gasteiger partial charge is 0.489 e. The maximum atomic E-state index is 14.4. The van der Waals surface area contributed by atoms with Crippen LogP contribution < -0.4 is 20.3 Å². The molecule has 5 aliphatic rings. The highest BCUT2D eigenvalue weighted by atomic mass is 16.7. The molecule has 1 saturated heterocycles. The van der Waals surface area contributed by atoms with Gasteiger partial charge < -0.3 is 35.4 Å². The number of anilines is 1. The third-order valence-electron chi connectivity index (χ3n) is 13.1. The van der Waals surface area contributed by atoms with Crippen LogP contribution in [0.25, 0.3) is 11.1 Å². The van der Waals surface area contributed by atoms with E-state index in [1.54, 1.807) is 12.0 Å². The second-order valence-corrected chi connectivity index (χ2v) is 19.7. The zero-order valence-electron chi connectivity index (χ0n) is 35.8. The first kappa shape index (κ1) is 42.4. The quantitative estimate of drug-likeness (QED) is 0.180. The summed E-state index contributed by atoms with van der Waals surface area (Å²) in [7, 11) is 7.99. The minimum absolute atomic E-state index is 0.0290. The van der Waals surface area contributed by atoms with Gasteiger partial charge in [0.05, 0.1) is 25.4 Å². The molecule has 4 saturated carbocycles. The SMILES string of the molecule is C[C@@H]1[C@@H](NC(=O)[C@@H]2[C@H]([C@H](C)O)[C@H](CO)ON2Cc2cccc(-c3cc(C(=O)N[C@@H](CN(C)C)CC(C)(C)C)cc(N(C)C)c3)c2OC2CC2)C[C@H]2C[C@H]1C2(C)C. The van der Waals surface area contributed by atoms with Crippen LogP contribution in [0.5, 0.6) is 5.75 Å². The number of carbonyl (C=O) groups is 2. The van der Waals surface area contributed by atoms with Crippen LogP contribution in [0.15, 0.2) is 36.4 Å². The normalized spacial score (nSPS) is 28.4. The summed E-state index contributed by atoms with van der Waals surface area (Å²) >= 11 is 0. The molecule has 11 heteroatoms. The van der Waals surface area contributed by atoms with Gasteiger partial charge in [-0.2, -0.15) is 5.06 Å². The number of hydroxylamine groups is 2. The van der Waals surface area contributed by atoms with Gasteiger partial charge in [-0.05, 0) is 105 Å². The lowest BCUT2D eigenvalue weighted by Crippen LogP contribution is -2.62. The summed E-state index contributed by atoms with van der Waals surface area (Å²) in [6, 6.07) is 11.1. The number of hydrogen-bond donors (Lipinski definition) is 4. The lowest BCUT2D eigenvalue weighted by atomic mass is 9.45. The van der Waals surface area contributed by atoms with E-state index in [0.29, 0.717) is 29.1 Å². The Morgan fingerprint density at radius 2 is 1.80 bits per heavy atom. The van der Waals surface area contributed by atoms with Crippen molar-refractivity contribution in [1.82, 2.24) is 20.6 Å². The Balaban J connectivity index is 1.32. The Morgan fingerprint density at radius 1 is 1.09 bits per heavy atom. The standard InChI is InChI=1S/C45H69N5O6/c1-26-36-20-31(45(36,6)7)21-37(26)47-43(54)40-39(27(2)52)38(25-51)56-50(40)23-28-13-12-14-35(41(28)55-34-15-16-34)29-17-30(19-33(18-29)49(10)11)42(53)46-32(24-48(8)9)22-44(3,4)5/h12-14,17-19,26-27,31-32,34,36-40,51-52H,15-16,20-25H2,1-11H3,(H,46,53)(H,47,54)/t26-,27-,31+,32+,36+,37-,38-,39+,40-/m0/s1. The number of amides is 2. The molecule has 2 bridgehead atoms. The molecule has 11 nitrogen and oxygen atoms in total. The number of carbonyl (C=O) groups excluding carboxylic acids is 2. The molecule has 4 N–H and O–H groups in total. The monoisotopic (exact) mass is 776 g/mol. The maximum Gasteiger partial charge on any atom is 0.251 e. The topological polar surface area (TPSA) is 127 Å². The highest BCUT2D eigenvalue weighted by Crippen LogP contribution is 2.61. The number of ether oxygens (including phenoxy) is 1. The highest BCUT2D eigenvalue weighted by Gasteiger charge is 2.57. The minimum Gasteiger partial charge on any atom is -0.489 e.